The summed E-state index contributed by atoms with van der Waals surface area (Å²) >= 11 is 11.8. The molecule has 0 heterocycles. The lowest BCUT2D eigenvalue weighted by molar-refractivity contribution is 0.602. The summed E-state index contributed by atoms with van der Waals surface area (Å²) in [6, 6.07) is 12.2. The van der Waals surface area contributed by atoms with Crippen molar-refractivity contribution in [2.45, 2.75) is 6.92 Å². The zero-order valence-electron chi connectivity index (χ0n) is 11.2. The zero-order chi connectivity index (χ0) is 15.5. The van der Waals surface area contributed by atoms with Crippen LogP contribution >= 0.6 is 23.2 Å². The molecule has 112 valence electrons. The van der Waals surface area contributed by atoms with Gasteiger partial charge in [0.1, 0.15) is 0 Å². The van der Waals surface area contributed by atoms with Crippen LogP contribution in [0.25, 0.3) is 0 Å². The number of sulfonamides is 1. The zero-order valence-corrected chi connectivity index (χ0v) is 13.6. The first-order valence-electron chi connectivity index (χ1n) is 6.22. The van der Waals surface area contributed by atoms with Gasteiger partial charge in [0.2, 0.25) is 10.0 Å². The number of hydrogen-bond acceptors (Lipinski definition) is 3. The second-order valence-electron chi connectivity index (χ2n) is 4.34. The molecule has 4 nitrogen and oxygen atoms in total. The van der Waals surface area contributed by atoms with Gasteiger partial charge in [-0.15, -0.1) is 0 Å². The topological polar surface area (TPSA) is 58.2 Å². The largest absolute Gasteiger partial charge is 0.355 e. The molecule has 0 atom stereocenters. The van der Waals surface area contributed by atoms with E-state index in [4.69, 9.17) is 23.2 Å². The van der Waals surface area contributed by atoms with E-state index in [1.54, 1.807) is 43.3 Å². The standard InChI is InChI=1S/C14H14Cl2N2O2S/c1-2-21(19,20)18-11-5-3-10(4-6-11)17-12-7-8-13(15)14(16)9-12/h3-9,17-18H,2H2,1H3. The molecular weight excluding hydrogens is 331 g/mol. The average Bonchev–Trinajstić information content (AvgIpc) is 2.45. The molecule has 0 aliphatic carbocycles. The van der Waals surface area contributed by atoms with Crippen LogP contribution in [0.5, 0.6) is 0 Å². The van der Waals surface area contributed by atoms with E-state index in [0.717, 1.165) is 11.4 Å². The molecule has 2 N–H and O–H groups in total. The molecule has 2 aromatic rings. The van der Waals surface area contributed by atoms with Crippen LogP contribution in [-0.2, 0) is 10.0 Å². The summed E-state index contributed by atoms with van der Waals surface area (Å²) < 4.78 is 25.4. The van der Waals surface area contributed by atoms with Gasteiger partial charge in [-0.25, -0.2) is 8.42 Å². The van der Waals surface area contributed by atoms with Crippen LogP contribution in [0.2, 0.25) is 10.0 Å². The smallest absolute Gasteiger partial charge is 0.232 e. The first kappa shape index (κ1) is 15.9. The lowest BCUT2D eigenvalue weighted by Gasteiger charge is -2.09. The highest BCUT2D eigenvalue weighted by Gasteiger charge is 2.06. The Kier molecular flexibility index (Phi) is 4.98. The maximum absolute atomic E-state index is 11.5. The minimum absolute atomic E-state index is 0.0380. The third kappa shape index (κ3) is 4.52. The van der Waals surface area contributed by atoms with Crippen molar-refractivity contribution in [1.82, 2.24) is 0 Å². The molecule has 21 heavy (non-hydrogen) atoms. The van der Waals surface area contributed by atoms with Gasteiger partial charge < -0.3 is 5.32 Å². The highest BCUT2D eigenvalue weighted by molar-refractivity contribution is 7.92. The molecule has 0 unspecified atom stereocenters. The Hall–Kier alpha value is -1.43. The van der Waals surface area contributed by atoms with E-state index < -0.39 is 10.0 Å². The van der Waals surface area contributed by atoms with Gasteiger partial charge in [-0.3, -0.25) is 4.72 Å². The summed E-state index contributed by atoms with van der Waals surface area (Å²) in [6.07, 6.45) is 0. The van der Waals surface area contributed by atoms with Gasteiger partial charge >= 0.3 is 0 Å². The van der Waals surface area contributed by atoms with Crippen LogP contribution in [0.1, 0.15) is 6.92 Å². The van der Waals surface area contributed by atoms with E-state index in [1.807, 2.05) is 6.07 Å². The third-order valence-electron chi connectivity index (χ3n) is 2.75. The maximum Gasteiger partial charge on any atom is 0.232 e. The number of rotatable bonds is 5. The summed E-state index contributed by atoms with van der Waals surface area (Å²) in [5.74, 6) is 0.0380. The maximum atomic E-state index is 11.5. The monoisotopic (exact) mass is 344 g/mol. The average molecular weight is 345 g/mol. The van der Waals surface area contributed by atoms with Crippen molar-refractivity contribution in [3.05, 3.63) is 52.5 Å². The molecule has 0 aromatic heterocycles. The summed E-state index contributed by atoms with van der Waals surface area (Å²) in [5.41, 5.74) is 2.13. The van der Waals surface area contributed by atoms with Gasteiger partial charge in [0.05, 0.1) is 15.8 Å². The van der Waals surface area contributed by atoms with Crippen molar-refractivity contribution in [3.8, 4) is 0 Å². The van der Waals surface area contributed by atoms with E-state index in [2.05, 4.69) is 10.0 Å². The fourth-order valence-electron chi connectivity index (χ4n) is 1.61. The van der Waals surface area contributed by atoms with Gasteiger partial charge in [-0.1, -0.05) is 23.2 Å². The molecule has 0 aliphatic rings. The molecule has 2 aromatic carbocycles. The van der Waals surface area contributed by atoms with Crippen molar-refractivity contribution in [3.63, 3.8) is 0 Å². The number of hydrogen-bond donors (Lipinski definition) is 2. The number of benzene rings is 2. The van der Waals surface area contributed by atoms with E-state index in [0.29, 0.717) is 15.7 Å². The lowest BCUT2D eigenvalue weighted by atomic mass is 10.2. The van der Waals surface area contributed by atoms with Crippen molar-refractivity contribution in [1.29, 1.82) is 0 Å². The van der Waals surface area contributed by atoms with Crippen molar-refractivity contribution in [2.75, 3.05) is 15.8 Å². The van der Waals surface area contributed by atoms with Crippen molar-refractivity contribution in [2.24, 2.45) is 0 Å². The van der Waals surface area contributed by atoms with E-state index in [9.17, 15) is 8.42 Å². The number of anilines is 3. The third-order valence-corrected chi connectivity index (χ3v) is 4.79. The summed E-state index contributed by atoms with van der Waals surface area (Å²) in [7, 11) is -3.26. The molecule has 2 rings (SSSR count). The molecule has 0 amide bonds. The lowest BCUT2D eigenvalue weighted by Crippen LogP contribution is -2.14. The quantitative estimate of drug-likeness (QED) is 0.839. The Morgan fingerprint density at radius 2 is 1.48 bits per heavy atom. The second-order valence-corrected chi connectivity index (χ2v) is 7.16. The number of halogens is 2. The van der Waals surface area contributed by atoms with Crippen LogP contribution < -0.4 is 10.0 Å². The van der Waals surface area contributed by atoms with Gasteiger partial charge in [0, 0.05) is 17.1 Å². The van der Waals surface area contributed by atoms with Gasteiger partial charge in [-0.05, 0) is 49.4 Å². The Morgan fingerprint density at radius 3 is 2.05 bits per heavy atom. The minimum Gasteiger partial charge on any atom is -0.355 e. The minimum atomic E-state index is -3.26. The molecule has 0 radical (unpaired) electrons. The van der Waals surface area contributed by atoms with Gasteiger partial charge in [0.25, 0.3) is 0 Å². The van der Waals surface area contributed by atoms with E-state index in [1.165, 1.54) is 0 Å². The molecule has 0 saturated carbocycles. The summed E-state index contributed by atoms with van der Waals surface area (Å²) in [6.45, 7) is 1.59. The normalized spacial score (nSPS) is 11.2. The summed E-state index contributed by atoms with van der Waals surface area (Å²) in [5, 5.41) is 4.11. The van der Waals surface area contributed by atoms with Crippen LogP contribution in [0, 0.1) is 0 Å². The molecule has 0 bridgehead atoms. The summed E-state index contributed by atoms with van der Waals surface area (Å²) in [4.78, 5) is 0. The van der Waals surface area contributed by atoms with Crippen LogP contribution in [0.4, 0.5) is 17.1 Å². The first-order chi connectivity index (χ1) is 9.89. The second kappa shape index (κ2) is 6.56. The Bertz CT molecular complexity index is 731. The van der Waals surface area contributed by atoms with Crippen molar-refractivity contribution >= 4 is 50.3 Å². The molecule has 0 aliphatic heterocycles. The fourth-order valence-corrected chi connectivity index (χ4v) is 2.55. The SMILES string of the molecule is CCS(=O)(=O)Nc1ccc(Nc2ccc(Cl)c(Cl)c2)cc1. The van der Waals surface area contributed by atoms with Crippen LogP contribution in [0.3, 0.4) is 0 Å². The molecular formula is C14H14Cl2N2O2S. The molecule has 0 spiro atoms. The van der Waals surface area contributed by atoms with Crippen LogP contribution in [0.15, 0.2) is 42.5 Å². The molecule has 0 fully saturated rings. The first-order valence-corrected chi connectivity index (χ1v) is 8.63. The molecule has 0 saturated heterocycles. The number of nitrogens with one attached hydrogen (secondary N) is 2. The van der Waals surface area contributed by atoms with E-state index >= 15 is 0 Å². The Labute approximate surface area is 134 Å². The molecule has 7 heteroatoms. The van der Waals surface area contributed by atoms with Crippen molar-refractivity contribution < 1.29 is 8.42 Å². The van der Waals surface area contributed by atoms with Crippen LogP contribution in [-0.4, -0.2) is 14.2 Å². The van der Waals surface area contributed by atoms with E-state index in [-0.39, 0.29) is 5.75 Å². The predicted molar refractivity (Wildman–Crippen MR) is 89.3 cm³/mol. The predicted octanol–water partition coefficient (Wildman–Crippen LogP) is 4.50. The van der Waals surface area contributed by atoms with Gasteiger partial charge in [-0.2, -0.15) is 0 Å². The highest BCUT2D eigenvalue weighted by atomic mass is 35.5. The Balaban J connectivity index is 2.10. The fraction of sp³-hybridized carbons (Fsp3) is 0.143. The van der Waals surface area contributed by atoms with Gasteiger partial charge in [0.15, 0.2) is 0 Å². The Morgan fingerprint density at radius 1 is 0.905 bits per heavy atom. The highest BCUT2D eigenvalue weighted by Crippen LogP contribution is 2.27.